The van der Waals surface area contributed by atoms with E-state index in [0.29, 0.717) is 5.56 Å². The highest BCUT2D eigenvalue weighted by molar-refractivity contribution is 7.91. The second kappa shape index (κ2) is 6.87. The maximum atomic E-state index is 13.3. The Bertz CT molecular complexity index is 1140. The highest BCUT2D eigenvalue weighted by atomic mass is 32.2. The summed E-state index contributed by atoms with van der Waals surface area (Å²) in [5.41, 5.74) is 1.81. The van der Waals surface area contributed by atoms with E-state index in [4.69, 9.17) is 0 Å². The Hall–Kier alpha value is -3.00. The summed E-state index contributed by atoms with van der Waals surface area (Å²) in [7, 11) is -3.54. The number of rotatable bonds is 4. The van der Waals surface area contributed by atoms with E-state index in [-0.39, 0.29) is 34.9 Å². The number of carbonyl (C=O) groups excluding carboxylic acids is 1. The minimum atomic E-state index is -3.54. The van der Waals surface area contributed by atoms with Crippen LogP contribution in [0.15, 0.2) is 59.8 Å². The van der Waals surface area contributed by atoms with Crippen LogP contribution in [0, 0.1) is 5.82 Å². The molecule has 28 heavy (non-hydrogen) atoms. The molecule has 0 saturated heterocycles. The Morgan fingerprint density at radius 1 is 1.14 bits per heavy atom. The monoisotopic (exact) mass is 399 g/mol. The molecular weight excluding hydrogens is 381 g/mol. The number of amides is 1. The van der Waals surface area contributed by atoms with Crippen LogP contribution >= 0.6 is 0 Å². The molecule has 1 amide bonds. The standard InChI is InChI=1S/C20H18FN3O3S/c1-13(14-5-3-2-4-6-14)22-19(25)18-17(15-7-9-16(21)10-8-15)23-20-24(18)11-12-28(20,26)27/h2-10,13H,11-12H2,1H3,(H,22,25)/t13-/m0/s1. The van der Waals surface area contributed by atoms with E-state index in [1.54, 1.807) is 0 Å². The summed E-state index contributed by atoms with van der Waals surface area (Å²) in [6.07, 6.45) is 0. The van der Waals surface area contributed by atoms with Gasteiger partial charge in [-0.25, -0.2) is 17.8 Å². The van der Waals surface area contributed by atoms with Crippen LogP contribution in [0.1, 0.15) is 29.0 Å². The lowest BCUT2D eigenvalue weighted by molar-refractivity contribution is 0.0931. The van der Waals surface area contributed by atoms with E-state index in [1.165, 1.54) is 28.8 Å². The first kappa shape index (κ1) is 18.4. The average Bonchev–Trinajstić information content (AvgIpc) is 3.21. The van der Waals surface area contributed by atoms with E-state index < -0.39 is 21.6 Å². The predicted molar refractivity (Wildman–Crippen MR) is 102 cm³/mol. The molecular formula is C20H18FN3O3S. The van der Waals surface area contributed by atoms with Crippen LogP contribution in [0.4, 0.5) is 4.39 Å². The molecule has 0 bridgehead atoms. The molecule has 1 atom stereocenters. The van der Waals surface area contributed by atoms with Gasteiger partial charge in [0.05, 0.1) is 11.8 Å². The quantitative estimate of drug-likeness (QED) is 0.731. The Morgan fingerprint density at radius 3 is 2.50 bits per heavy atom. The van der Waals surface area contributed by atoms with Crippen molar-refractivity contribution in [3.8, 4) is 11.3 Å². The number of benzene rings is 2. The third-order valence-corrected chi connectivity index (χ3v) is 6.36. The van der Waals surface area contributed by atoms with Gasteiger partial charge in [-0.05, 0) is 36.8 Å². The molecule has 2 heterocycles. The Labute approximate surface area is 162 Å². The molecule has 2 aromatic carbocycles. The number of sulfone groups is 1. The van der Waals surface area contributed by atoms with Gasteiger partial charge in [0.1, 0.15) is 17.2 Å². The van der Waals surface area contributed by atoms with Crippen molar-refractivity contribution in [2.45, 2.75) is 24.7 Å². The smallest absolute Gasteiger partial charge is 0.270 e. The van der Waals surface area contributed by atoms with Gasteiger partial charge in [0.25, 0.3) is 5.91 Å². The van der Waals surface area contributed by atoms with Crippen molar-refractivity contribution in [2.75, 3.05) is 5.75 Å². The van der Waals surface area contributed by atoms with E-state index in [2.05, 4.69) is 10.3 Å². The third kappa shape index (κ3) is 3.20. The second-order valence-corrected chi connectivity index (χ2v) is 8.68. The highest BCUT2D eigenvalue weighted by Crippen LogP contribution is 2.30. The van der Waals surface area contributed by atoms with E-state index >= 15 is 0 Å². The zero-order chi connectivity index (χ0) is 19.9. The number of halogens is 1. The SMILES string of the molecule is C[C@H](NC(=O)c1c(-c2ccc(F)cc2)nc2n1CCS2(=O)=O)c1ccccc1. The summed E-state index contributed by atoms with van der Waals surface area (Å²) < 4.78 is 39.3. The lowest BCUT2D eigenvalue weighted by atomic mass is 10.1. The molecule has 0 saturated carbocycles. The fourth-order valence-corrected chi connectivity index (χ4v) is 4.66. The van der Waals surface area contributed by atoms with Crippen molar-refractivity contribution in [1.82, 2.24) is 14.9 Å². The van der Waals surface area contributed by atoms with Crippen LogP contribution in [0.5, 0.6) is 0 Å². The minimum absolute atomic E-state index is 0.0897. The van der Waals surface area contributed by atoms with Crippen LogP contribution in [-0.4, -0.2) is 29.6 Å². The Morgan fingerprint density at radius 2 is 1.82 bits per heavy atom. The lowest BCUT2D eigenvalue weighted by Crippen LogP contribution is -2.29. The third-order valence-electron chi connectivity index (χ3n) is 4.77. The number of carbonyl (C=O) groups is 1. The fraction of sp³-hybridized carbons (Fsp3) is 0.200. The predicted octanol–water partition coefficient (Wildman–Crippen LogP) is 2.97. The minimum Gasteiger partial charge on any atom is -0.344 e. The van der Waals surface area contributed by atoms with Crippen LogP contribution in [0.25, 0.3) is 11.3 Å². The molecule has 4 rings (SSSR count). The van der Waals surface area contributed by atoms with Crippen molar-refractivity contribution in [1.29, 1.82) is 0 Å². The molecule has 0 spiro atoms. The number of nitrogens with one attached hydrogen (secondary N) is 1. The van der Waals surface area contributed by atoms with Gasteiger partial charge in [0.15, 0.2) is 0 Å². The fourth-order valence-electron chi connectivity index (χ4n) is 3.31. The van der Waals surface area contributed by atoms with Gasteiger partial charge in [-0.2, -0.15) is 0 Å². The molecule has 1 aliphatic heterocycles. The largest absolute Gasteiger partial charge is 0.344 e. The molecule has 8 heteroatoms. The maximum Gasteiger partial charge on any atom is 0.270 e. The lowest BCUT2D eigenvalue weighted by Gasteiger charge is -2.15. The average molecular weight is 399 g/mol. The van der Waals surface area contributed by atoms with Gasteiger partial charge in [-0.15, -0.1) is 0 Å². The molecule has 0 radical (unpaired) electrons. The van der Waals surface area contributed by atoms with Gasteiger partial charge in [-0.1, -0.05) is 30.3 Å². The number of aromatic nitrogens is 2. The molecule has 1 aliphatic rings. The summed E-state index contributed by atoms with van der Waals surface area (Å²) in [4.78, 5) is 17.3. The van der Waals surface area contributed by atoms with E-state index in [0.717, 1.165) is 5.56 Å². The summed E-state index contributed by atoms with van der Waals surface area (Å²) in [6, 6.07) is 14.6. The molecule has 0 fully saturated rings. The summed E-state index contributed by atoms with van der Waals surface area (Å²) >= 11 is 0. The van der Waals surface area contributed by atoms with Crippen molar-refractivity contribution < 1.29 is 17.6 Å². The number of hydrogen-bond acceptors (Lipinski definition) is 4. The van der Waals surface area contributed by atoms with Crippen molar-refractivity contribution in [3.05, 3.63) is 71.7 Å². The van der Waals surface area contributed by atoms with Gasteiger partial charge < -0.3 is 9.88 Å². The molecule has 6 nitrogen and oxygen atoms in total. The number of nitrogens with zero attached hydrogens (tertiary/aromatic N) is 2. The normalized spacial score (nSPS) is 15.8. The summed E-state index contributed by atoms with van der Waals surface area (Å²) in [5.74, 6) is -0.938. The van der Waals surface area contributed by atoms with Crippen LogP contribution in [0.3, 0.4) is 0 Å². The van der Waals surface area contributed by atoms with E-state index in [1.807, 2.05) is 37.3 Å². The molecule has 1 aromatic heterocycles. The second-order valence-electron chi connectivity index (χ2n) is 6.67. The summed E-state index contributed by atoms with van der Waals surface area (Å²) in [5, 5.41) is 2.79. The number of imidazole rings is 1. The van der Waals surface area contributed by atoms with Gasteiger partial charge in [0.2, 0.25) is 15.0 Å². The topological polar surface area (TPSA) is 81.1 Å². The van der Waals surface area contributed by atoms with Gasteiger partial charge >= 0.3 is 0 Å². The van der Waals surface area contributed by atoms with Gasteiger partial charge in [0, 0.05) is 12.1 Å². The molecule has 0 aliphatic carbocycles. The van der Waals surface area contributed by atoms with Crippen molar-refractivity contribution in [2.24, 2.45) is 0 Å². The molecule has 3 aromatic rings. The molecule has 0 unspecified atom stereocenters. The number of fused-ring (bicyclic) bond motifs is 1. The molecule has 144 valence electrons. The maximum absolute atomic E-state index is 13.3. The highest BCUT2D eigenvalue weighted by Gasteiger charge is 2.35. The van der Waals surface area contributed by atoms with E-state index in [9.17, 15) is 17.6 Å². The first-order valence-electron chi connectivity index (χ1n) is 8.82. The van der Waals surface area contributed by atoms with Crippen LogP contribution < -0.4 is 5.32 Å². The Balaban J connectivity index is 1.77. The van der Waals surface area contributed by atoms with Crippen LogP contribution in [0.2, 0.25) is 0 Å². The Kier molecular flexibility index (Phi) is 4.50. The van der Waals surface area contributed by atoms with Crippen molar-refractivity contribution in [3.63, 3.8) is 0 Å². The summed E-state index contributed by atoms with van der Waals surface area (Å²) in [6.45, 7) is 2.01. The number of hydrogen-bond donors (Lipinski definition) is 1. The van der Waals surface area contributed by atoms with Crippen LogP contribution in [-0.2, 0) is 16.4 Å². The first-order valence-corrected chi connectivity index (χ1v) is 10.5. The zero-order valence-corrected chi connectivity index (χ0v) is 15.9. The van der Waals surface area contributed by atoms with Gasteiger partial charge in [-0.3, -0.25) is 4.79 Å². The van der Waals surface area contributed by atoms with Crippen molar-refractivity contribution >= 4 is 15.7 Å². The molecule has 1 N–H and O–H groups in total. The first-order chi connectivity index (χ1) is 13.4. The zero-order valence-electron chi connectivity index (χ0n) is 15.1.